The number of nitrogens with zero attached hydrogens (tertiary/aromatic N) is 3. The zero-order valence-corrected chi connectivity index (χ0v) is 18.4. The van der Waals surface area contributed by atoms with Crippen LogP contribution in [0.25, 0.3) is 0 Å². The van der Waals surface area contributed by atoms with Gasteiger partial charge in [-0.2, -0.15) is 11.8 Å². The molecule has 1 saturated heterocycles. The number of nitrogens with one attached hydrogen (secondary N) is 1. The first-order valence-corrected chi connectivity index (χ1v) is 9.54. The summed E-state index contributed by atoms with van der Waals surface area (Å²) in [7, 11) is 3.55. The van der Waals surface area contributed by atoms with Gasteiger partial charge in [-0.05, 0) is 12.0 Å². The maximum atomic E-state index is 11.9. The molecule has 0 saturated carbocycles. The second-order valence-electron chi connectivity index (χ2n) is 6.11. The topological polar surface area (TPSA) is 47.9 Å². The van der Waals surface area contributed by atoms with E-state index in [4.69, 9.17) is 4.99 Å². The Hall–Kier alpha value is -0.960. The van der Waals surface area contributed by atoms with Gasteiger partial charge < -0.3 is 15.1 Å². The summed E-state index contributed by atoms with van der Waals surface area (Å²) in [4.78, 5) is 20.6. The molecular weight excluding hydrogens is 447 g/mol. The number of halogens is 1. The molecule has 1 aromatic rings. The van der Waals surface area contributed by atoms with Gasteiger partial charge in [0.25, 0.3) is 0 Å². The average molecular weight is 476 g/mol. The Kier molecular flexibility index (Phi) is 10.3. The van der Waals surface area contributed by atoms with Crippen molar-refractivity contribution in [1.29, 1.82) is 0 Å². The van der Waals surface area contributed by atoms with Crippen LogP contribution >= 0.6 is 35.7 Å². The van der Waals surface area contributed by atoms with Crippen molar-refractivity contribution >= 4 is 47.6 Å². The summed E-state index contributed by atoms with van der Waals surface area (Å²) >= 11 is 2.03. The molecule has 140 valence electrons. The third-order valence-corrected chi connectivity index (χ3v) is 5.42. The van der Waals surface area contributed by atoms with Crippen LogP contribution in [0.3, 0.4) is 0 Å². The quantitative estimate of drug-likeness (QED) is 0.404. The third kappa shape index (κ3) is 7.43. The number of thioether (sulfide) groups is 1. The minimum atomic E-state index is 0. The fourth-order valence-electron chi connectivity index (χ4n) is 2.49. The number of benzene rings is 1. The second-order valence-corrected chi connectivity index (χ2v) is 7.52. The molecule has 2 rings (SSSR count). The Labute approximate surface area is 172 Å². The first-order valence-electron chi connectivity index (χ1n) is 8.49. The summed E-state index contributed by atoms with van der Waals surface area (Å²) in [6.45, 7) is 5.08. The Balaban J connectivity index is 0.00000312. The number of hydrogen-bond acceptors (Lipinski definition) is 3. The molecule has 1 aliphatic rings. The highest BCUT2D eigenvalue weighted by Crippen LogP contribution is 2.21. The van der Waals surface area contributed by atoms with E-state index in [0.29, 0.717) is 11.8 Å². The highest BCUT2D eigenvalue weighted by atomic mass is 127. The molecule has 1 atom stereocenters. The zero-order valence-electron chi connectivity index (χ0n) is 15.3. The molecule has 0 bridgehead atoms. The summed E-state index contributed by atoms with van der Waals surface area (Å²) in [6, 6.07) is 10.2. The van der Waals surface area contributed by atoms with Gasteiger partial charge in [-0.3, -0.25) is 4.79 Å². The number of carbonyl (C=O) groups excluding carboxylic acids is 1. The molecule has 1 N–H and O–H groups in total. The van der Waals surface area contributed by atoms with Crippen LogP contribution in [0.1, 0.15) is 18.9 Å². The van der Waals surface area contributed by atoms with Gasteiger partial charge in [-0.1, -0.05) is 37.3 Å². The first kappa shape index (κ1) is 22.1. The molecule has 0 spiro atoms. The van der Waals surface area contributed by atoms with Gasteiger partial charge in [-0.25, -0.2) is 4.99 Å². The molecule has 5 nitrogen and oxygen atoms in total. The highest BCUT2D eigenvalue weighted by molar-refractivity contribution is 14.0. The van der Waals surface area contributed by atoms with E-state index in [0.717, 1.165) is 31.2 Å². The van der Waals surface area contributed by atoms with Crippen LogP contribution < -0.4 is 5.32 Å². The fourth-order valence-corrected chi connectivity index (χ4v) is 3.67. The Morgan fingerprint density at radius 3 is 2.72 bits per heavy atom. The number of guanidine groups is 1. The molecule has 1 fully saturated rings. The number of rotatable bonds is 5. The molecule has 1 amide bonds. The van der Waals surface area contributed by atoms with Crippen molar-refractivity contribution in [3.05, 3.63) is 35.9 Å². The van der Waals surface area contributed by atoms with E-state index < -0.39 is 0 Å². The molecule has 0 radical (unpaired) electrons. The van der Waals surface area contributed by atoms with Crippen LogP contribution in [0.2, 0.25) is 0 Å². The van der Waals surface area contributed by atoms with E-state index in [1.54, 1.807) is 19.0 Å². The van der Waals surface area contributed by atoms with Gasteiger partial charge in [0.2, 0.25) is 5.91 Å². The van der Waals surface area contributed by atoms with E-state index in [-0.39, 0.29) is 36.4 Å². The monoisotopic (exact) mass is 476 g/mol. The standard InChI is InChI=1S/C18H28N4OS.HI/c1-4-16-14-22(10-11-24-16)18(20-13-17(23)21(2)3)19-12-15-8-6-5-7-9-15;/h5-9,16H,4,10-14H2,1-3H3,(H,19,20);1H. The van der Waals surface area contributed by atoms with Crippen LogP contribution in [-0.4, -0.2) is 66.4 Å². The number of aliphatic imine (C=N–C) groups is 1. The second kappa shape index (κ2) is 11.6. The molecule has 7 heteroatoms. The highest BCUT2D eigenvalue weighted by Gasteiger charge is 2.22. The van der Waals surface area contributed by atoms with Crippen molar-refractivity contribution in [3.8, 4) is 0 Å². The van der Waals surface area contributed by atoms with E-state index >= 15 is 0 Å². The summed E-state index contributed by atoms with van der Waals surface area (Å²) in [6.07, 6.45) is 1.16. The first-order chi connectivity index (χ1) is 11.6. The smallest absolute Gasteiger partial charge is 0.241 e. The lowest BCUT2D eigenvalue weighted by Crippen LogP contribution is -2.50. The molecule has 1 aromatic carbocycles. The molecule has 25 heavy (non-hydrogen) atoms. The molecule has 0 aromatic heterocycles. The Morgan fingerprint density at radius 1 is 1.36 bits per heavy atom. The SMILES string of the molecule is CCC1CN(C(=NCc2ccccc2)NCC(=O)N(C)C)CCS1.I. The van der Waals surface area contributed by atoms with Crippen LogP contribution in [0.5, 0.6) is 0 Å². The summed E-state index contributed by atoms with van der Waals surface area (Å²) in [5.74, 6) is 2.00. The van der Waals surface area contributed by atoms with Gasteiger partial charge >= 0.3 is 0 Å². The molecule has 0 aliphatic carbocycles. The van der Waals surface area contributed by atoms with Crippen LogP contribution in [0.15, 0.2) is 35.3 Å². The number of likely N-dealkylation sites (N-methyl/N-ethyl adjacent to an activating group) is 1. The number of hydrogen-bond donors (Lipinski definition) is 1. The average Bonchev–Trinajstić information content (AvgIpc) is 2.62. The maximum absolute atomic E-state index is 11.9. The summed E-state index contributed by atoms with van der Waals surface area (Å²) in [5, 5.41) is 3.89. The number of carbonyl (C=O) groups is 1. The van der Waals surface area contributed by atoms with Crippen molar-refractivity contribution in [1.82, 2.24) is 15.1 Å². The predicted octanol–water partition coefficient (Wildman–Crippen LogP) is 2.67. The van der Waals surface area contributed by atoms with Crippen LogP contribution in [0, 0.1) is 0 Å². The molecule has 1 aliphatic heterocycles. The third-order valence-electron chi connectivity index (χ3n) is 4.04. The fraction of sp³-hybridized carbons (Fsp3) is 0.556. The van der Waals surface area contributed by atoms with Gasteiger partial charge in [0.05, 0.1) is 13.1 Å². The van der Waals surface area contributed by atoms with Crippen LogP contribution in [0.4, 0.5) is 0 Å². The molecular formula is C18H29IN4OS. The summed E-state index contributed by atoms with van der Waals surface area (Å²) < 4.78 is 0. The van der Waals surface area contributed by atoms with E-state index in [1.165, 1.54) is 5.56 Å². The molecule has 1 heterocycles. The maximum Gasteiger partial charge on any atom is 0.241 e. The minimum Gasteiger partial charge on any atom is -0.347 e. The predicted molar refractivity (Wildman–Crippen MR) is 118 cm³/mol. The number of amides is 1. The van der Waals surface area contributed by atoms with E-state index in [2.05, 4.69) is 29.3 Å². The van der Waals surface area contributed by atoms with Crippen molar-refractivity contribution in [2.45, 2.75) is 25.1 Å². The van der Waals surface area contributed by atoms with Crippen molar-refractivity contribution in [3.63, 3.8) is 0 Å². The zero-order chi connectivity index (χ0) is 17.4. The van der Waals surface area contributed by atoms with Gasteiger partial charge in [0.15, 0.2) is 5.96 Å². The lowest BCUT2D eigenvalue weighted by molar-refractivity contribution is -0.127. The van der Waals surface area contributed by atoms with Gasteiger partial charge in [0, 0.05) is 38.2 Å². The minimum absolute atomic E-state index is 0. The van der Waals surface area contributed by atoms with Crippen LogP contribution in [-0.2, 0) is 11.3 Å². The molecule has 1 unspecified atom stereocenters. The van der Waals surface area contributed by atoms with Gasteiger partial charge in [-0.15, -0.1) is 24.0 Å². The largest absolute Gasteiger partial charge is 0.347 e. The van der Waals surface area contributed by atoms with Crippen molar-refractivity contribution in [2.24, 2.45) is 4.99 Å². The normalized spacial score (nSPS) is 17.6. The van der Waals surface area contributed by atoms with Crippen molar-refractivity contribution in [2.75, 3.05) is 39.5 Å². The van der Waals surface area contributed by atoms with Gasteiger partial charge in [0.1, 0.15) is 0 Å². The van der Waals surface area contributed by atoms with Crippen molar-refractivity contribution < 1.29 is 4.79 Å². The lowest BCUT2D eigenvalue weighted by Gasteiger charge is -2.34. The van der Waals surface area contributed by atoms with E-state index in [1.807, 2.05) is 30.0 Å². The summed E-state index contributed by atoms with van der Waals surface area (Å²) in [5.41, 5.74) is 1.18. The lowest BCUT2D eigenvalue weighted by atomic mass is 10.2. The Morgan fingerprint density at radius 2 is 2.08 bits per heavy atom. The van der Waals surface area contributed by atoms with E-state index in [9.17, 15) is 4.79 Å². The Bertz CT molecular complexity index is 553.